The first-order valence-electron chi connectivity index (χ1n) is 5.06. The molecule has 0 spiro atoms. The van der Waals surface area contributed by atoms with Gasteiger partial charge in [0.25, 0.3) is 0 Å². The number of ether oxygens (including phenoxy) is 1. The zero-order valence-electron chi connectivity index (χ0n) is 9.41. The van der Waals surface area contributed by atoms with Crippen LogP contribution in [0.15, 0.2) is 10.5 Å². The van der Waals surface area contributed by atoms with Gasteiger partial charge in [0.2, 0.25) is 0 Å². The van der Waals surface area contributed by atoms with Crippen molar-refractivity contribution in [3.05, 3.63) is 21.1 Å². The van der Waals surface area contributed by atoms with Crippen LogP contribution in [-0.4, -0.2) is 17.6 Å². The third kappa shape index (κ3) is 2.14. The van der Waals surface area contributed by atoms with Crippen molar-refractivity contribution >= 4 is 49.1 Å². The predicted molar refractivity (Wildman–Crippen MR) is 72.4 cm³/mol. The van der Waals surface area contributed by atoms with E-state index in [0.717, 1.165) is 20.4 Å². The minimum absolute atomic E-state index is 0.336. The third-order valence-corrected chi connectivity index (χ3v) is 4.21. The van der Waals surface area contributed by atoms with E-state index in [1.54, 1.807) is 6.92 Å². The van der Waals surface area contributed by atoms with Crippen LogP contribution in [0.25, 0.3) is 10.2 Å². The van der Waals surface area contributed by atoms with Gasteiger partial charge in [-0.05, 0) is 35.8 Å². The minimum atomic E-state index is -0.387. The maximum absolute atomic E-state index is 11.7. The third-order valence-electron chi connectivity index (χ3n) is 2.31. The average molecular weight is 315 g/mol. The number of aryl methyl sites for hydroxylation is 1. The molecule has 0 saturated heterocycles. The summed E-state index contributed by atoms with van der Waals surface area (Å²) in [4.78, 5) is 17.2. The number of aromatic nitrogens is 1. The van der Waals surface area contributed by atoms with Gasteiger partial charge in [0.05, 0.1) is 18.0 Å². The molecular weight excluding hydrogens is 304 g/mol. The number of anilines is 1. The molecule has 0 atom stereocenters. The van der Waals surface area contributed by atoms with Crippen LogP contribution in [0.4, 0.5) is 5.69 Å². The molecule has 0 aliphatic heterocycles. The van der Waals surface area contributed by atoms with E-state index in [-0.39, 0.29) is 5.97 Å². The number of hydrogen-bond acceptors (Lipinski definition) is 5. The van der Waals surface area contributed by atoms with Crippen LogP contribution in [-0.2, 0) is 4.74 Å². The van der Waals surface area contributed by atoms with E-state index in [9.17, 15) is 4.79 Å². The molecule has 0 amide bonds. The maximum atomic E-state index is 11.7. The minimum Gasteiger partial charge on any atom is -0.462 e. The number of rotatable bonds is 2. The van der Waals surface area contributed by atoms with Crippen molar-refractivity contribution in [3.8, 4) is 0 Å². The van der Waals surface area contributed by atoms with Crippen molar-refractivity contribution < 1.29 is 9.53 Å². The van der Waals surface area contributed by atoms with Gasteiger partial charge in [-0.25, -0.2) is 9.78 Å². The number of pyridine rings is 1. The van der Waals surface area contributed by atoms with Crippen molar-refractivity contribution in [1.29, 1.82) is 0 Å². The molecule has 0 radical (unpaired) electrons. The summed E-state index contributed by atoms with van der Waals surface area (Å²) in [5.74, 6) is -0.387. The van der Waals surface area contributed by atoms with E-state index in [0.29, 0.717) is 17.2 Å². The standard InChI is InChI=1S/C11H11BrN2O2S/c1-3-16-11(15)9-8(13)6-4-7(12)5(2)14-10(6)17-9/h4H,3,13H2,1-2H3. The maximum Gasteiger partial charge on any atom is 0.350 e. The van der Waals surface area contributed by atoms with E-state index in [1.165, 1.54) is 11.3 Å². The second-order valence-electron chi connectivity index (χ2n) is 3.47. The van der Waals surface area contributed by atoms with Gasteiger partial charge in [-0.3, -0.25) is 0 Å². The predicted octanol–water partition coefficient (Wildman–Crippen LogP) is 3.13. The Kier molecular flexibility index (Phi) is 3.35. The van der Waals surface area contributed by atoms with E-state index >= 15 is 0 Å². The molecule has 2 N–H and O–H groups in total. The summed E-state index contributed by atoms with van der Waals surface area (Å²) in [7, 11) is 0. The normalized spacial score (nSPS) is 10.8. The number of carbonyl (C=O) groups excluding carboxylic acids is 1. The van der Waals surface area contributed by atoms with E-state index in [1.807, 2.05) is 13.0 Å². The molecule has 2 heterocycles. The molecule has 17 heavy (non-hydrogen) atoms. The summed E-state index contributed by atoms with van der Waals surface area (Å²) in [6.07, 6.45) is 0. The highest BCUT2D eigenvalue weighted by molar-refractivity contribution is 9.10. The lowest BCUT2D eigenvalue weighted by Gasteiger charge is -1.99. The molecule has 0 aliphatic rings. The fourth-order valence-corrected chi connectivity index (χ4v) is 2.79. The van der Waals surface area contributed by atoms with Gasteiger partial charge in [-0.1, -0.05) is 0 Å². The molecule has 90 valence electrons. The molecule has 0 aliphatic carbocycles. The molecule has 6 heteroatoms. The number of halogens is 1. The smallest absolute Gasteiger partial charge is 0.350 e. The Labute approximate surface area is 111 Å². The molecule has 2 rings (SSSR count). The van der Waals surface area contributed by atoms with Gasteiger partial charge in [-0.2, -0.15) is 0 Å². The van der Waals surface area contributed by atoms with Gasteiger partial charge in [0, 0.05) is 9.86 Å². The Morgan fingerprint density at radius 3 is 3.00 bits per heavy atom. The van der Waals surface area contributed by atoms with Gasteiger partial charge in [0.1, 0.15) is 9.71 Å². The molecule has 0 aromatic carbocycles. The first-order valence-corrected chi connectivity index (χ1v) is 6.67. The van der Waals surface area contributed by atoms with Crippen LogP contribution < -0.4 is 5.73 Å². The van der Waals surface area contributed by atoms with Gasteiger partial charge in [0.15, 0.2) is 0 Å². The Hall–Kier alpha value is -1.14. The topological polar surface area (TPSA) is 65.2 Å². The van der Waals surface area contributed by atoms with Crippen molar-refractivity contribution in [2.24, 2.45) is 0 Å². The largest absolute Gasteiger partial charge is 0.462 e. The van der Waals surface area contributed by atoms with Crippen LogP contribution >= 0.6 is 27.3 Å². The van der Waals surface area contributed by atoms with Crippen LogP contribution in [0.2, 0.25) is 0 Å². The zero-order chi connectivity index (χ0) is 12.6. The van der Waals surface area contributed by atoms with Crippen molar-refractivity contribution in [1.82, 2.24) is 4.98 Å². The molecule has 2 aromatic heterocycles. The Morgan fingerprint density at radius 2 is 2.35 bits per heavy atom. The van der Waals surface area contributed by atoms with Crippen molar-refractivity contribution in [2.45, 2.75) is 13.8 Å². The SMILES string of the molecule is CCOC(=O)c1sc2nc(C)c(Br)cc2c1N. The number of nitrogens with zero attached hydrogens (tertiary/aromatic N) is 1. The second kappa shape index (κ2) is 4.62. The highest BCUT2D eigenvalue weighted by Gasteiger charge is 2.18. The second-order valence-corrected chi connectivity index (χ2v) is 5.33. The molecule has 4 nitrogen and oxygen atoms in total. The van der Waals surface area contributed by atoms with Crippen molar-refractivity contribution in [2.75, 3.05) is 12.3 Å². The first kappa shape index (κ1) is 12.3. The monoisotopic (exact) mass is 314 g/mol. The number of hydrogen-bond donors (Lipinski definition) is 1. The molecule has 0 unspecified atom stereocenters. The van der Waals surface area contributed by atoms with Gasteiger partial charge in [-0.15, -0.1) is 11.3 Å². The first-order chi connectivity index (χ1) is 8.04. The Morgan fingerprint density at radius 1 is 1.65 bits per heavy atom. The fraction of sp³-hybridized carbons (Fsp3) is 0.273. The number of esters is 1. The lowest BCUT2D eigenvalue weighted by molar-refractivity contribution is 0.0533. The molecule has 0 saturated carbocycles. The van der Waals surface area contributed by atoms with E-state index in [2.05, 4.69) is 20.9 Å². The van der Waals surface area contributed by atoms with Crippen LogP contribution in [0.1, 0.15) is 22.3 Å². The van der Waals surface area contributed by atoms with Gasteiger partial charge >= 0.3 is 5.97 Å². The number of nitrogen functional groups attached to an aromatic ring is 1. The van der Waals surface area contributed by atoms with Crippen LogP contribution in [0.5, 0.6) is 0 Å². The van der Waals surface area contributed by atoms with Crippen LogP contribution in [0, 0.1) is 6.92 Å². The molecule has 0 bridgehead atoms. The summed E-state index contributed by atoms with van der Waals surface area (Å²) < 4.78 is 5.83. The summed E-state index contributed by atoms with van der Waals surface area (Å²) in [6.45, 7) is 3.99. The summed E-state index contributed by atoms with van der Waals surface area (Å²) >= 11 is 4.66. The summed E-state index contributed by atoms with van der Waals surface area (Å²) in [6, 6.07) is 1.88. The number of nitrogens with two attached hydrogens (primary N) is 1. The lowest BCUT2D eigenvalue weighted by Crippen LogP contribution is -2.04. The highest BCUT2D eigenvalue weighted by atomic mass is 79.9. The summed E-state index contributed by atoms with van der Waals surface area (Å²) in [5.41, 5.74) is 7.25. The van der Waals surface area contributed by atoms with E-state index < -0.39 is 0 Å². The Balaban J connectivity index is 2.60. The Bertz CT molecular complexity index is 595. The zero-order valence-corrected chi connectivity index (χ0v) is 11.8. The van der Waals surface area contributed by atoms with E-state index in [4.69, 9.17) is 10.5 Å². The quantitative estimate of drug-likeness (QED) is 0.865. The lowest BCUT2D eigenvalue weighted by atomic mass is 10.2. The summed E-state index contributed by atoms with van der Waals surface area (Å²) in [5, 5.41) is 0.788. The fourth-order valence-electron chi connectivity index (χ4n) is 1.45. The highest BCUT2D eigenvalue weighted by Crippen LogP contribution is 2.35. The molecule has 2 aromatic rings. The van der Waals surface area contributed by atoms with Crippen molar-refractivity contribution in [3.63, 3.8) is 0 Å². The number of carbonyl (C=O) groups is 1. The van der Waals surface area contributed by atoms with Gasteiger partial charge < -0.3 is 10.5 Å². The molecule has 0 fully saturated rings. The average Bonchev–Trinajstić information content (AvgIpc) is 2.58. The number of thiophene rings is 1. The van der Waals surface area contributed by atoms with Crippen LogP contribution in [0.3, 0.4) is 0 Å². The molecular formula is C11H11BrN2O2S. The number of fused-ring (bicyclic) bond motifs is 1.